The normalized spacial score (nSPS) is 18.7. The lowest BCUT2D eigenvalue weighted by molar-refractivity contribution is -0.122. The van der Waals surface area contributed by atoms with E-state index in [-0.39, 0.29) is 12.7 Å². The molecule has 1 aromatic rings. The predicted molar refractivity (Wildman–Crippen MR) is 67.1 cm³/mol. The van der Waals surface area contributed by atoms with Crippen molar-refractivity contribution >= 4 is 5.91 Å². The summed E-state index contributed by atoms with van der Waals surface area (Å²) in [5.74, 6) is -0.448. The summed E-state index contributed by atoms with van der Waals surface area (Å²) in [5, 5.41) is 9.94. The number of aliphatic hydroxyl groups is 1. The SMILES string of the molecule is Cc1cc2c(n1CCOCC(N)=O)CCCC2O. The Kier molecular flexibility index (Phi) is 4.04. The Bertz CT molecular complexity index is 440. The Labute approximate surface area is 107 Å². The third-order valence-corrected chi connectivity index (χ3v) is 3.40. The molecule has 0 saturated heterocycles. The molecule has 1 amide bonds. The quantitative estimate of drug-likeness (QED) is 0.756. The number of hydrogen-bond acceptors (Lipinski definition) is 3. The topological polar surface area (TPSA) is 77.5 Å². The Balaban J connectivity index is 2.02. The second kappa shape index (κ2) is 5.54. The minimum absolute atomic E-state index is 0.0366. The number of ether oxygens (including phenoxy) is 1. The van der Waals surface area contributed by atoms with E-state index in [9.17, 15) is 9.90 Å². The number of nitrogens with zero attached hydrogens (tertiary/aromatic N) is 1. The largest absolute Gasteiger partial charge is 0.388 e. The number of aryl methyl sites for hydroxylation is 1. The first-order chi connectivity index (χ1) is 8.59. The van der Waals surface area contributed by atoms with Gasteiger partial charge in [-0.1, -0.05) is 0 Å². The first-order valence-electron chi connectivity index (χ1n) is 6.32. The maximum Gasteiger partial charge on any atom is 0.243 e. The predicted octanol–water partition coefficient (Wildman–Crippen LogP) is 0.668. The van der Waals surface area contributed by atoms with Gasteiger partial charge in [0.05, 0.1) is 12.7 Å². The van der Waals surface area contributed by atoms with Gasteiger partial charge >= 0.3 is 0 Å². The van der Waals surface area contributed by atoms with Crippen molar-refractivity contribution in [2.45, 2.75) is 38.8 Å². The van der Waals surface area contributed by atoms with E-state index in [2.05, 4.69) is 4.57 Å². The van der Waals surface area contributed by atoms with Crippen LogP contribution in [0.3, 0.4) is 0 Å². The van der Waals surface area contributed by atoms with Crippen molar-refractivity contribution < 1.29 is 14.6 Å². The molecule has 1 atom stereocenters. The highest BCUT2D eigenvalue weighted by molar-refractivity contribution is 5.74. The van der Waals surface area contributed by atoms with Crippen LogP contribution in [-0.4, -0.2) is 28.8 Å². The molecule has 5 nitrogen and oxygen atoms in total. The summed E-state index contributed by atoms with van der Waals surface area (Å²) in [6.45, 7) is 3.15. The molecule has 0 radical (unpaired) electrons. The fourth-order valence-electron chi connectivity index (χ4n) is 2.58. The van der Waals surface area contributed by atoms with Crippen LogP contribution < -0.4 is 5.73 Å². The highest BCUT2D eigenvalue weighted by Gasteiger charge is 2.22. The first kappa shape index (κ1) is 13.1. The first-order valence-corrected chi connectivity index (χ1v) is 6.32. The Morgan fingerprint density at radius 2 is 2.44 bits per heavy atom. The summed E-state index contributed by atoms with van der Waals surface area (Å²) < 4.78 is 7.35. The van der Waals surface area contributed by atoms with Gasteiger partial charge in [0.25, 0.3) is 0 Å². The molecular weight excluding hydrogens is 232 g/mol. The van der Waals surface area contributed by atoms with Crippen LogP contribution in [0.5, 0.6) is 0 Å². The molecule has 1 unspecified atom stereocenters. The molecule has 2 rings (SSSR count). The third-order valence-electron chi connectivity index (χ3n) is 3.40. The van der Waals surface area contributed by atoms with E-state index >= 15 is 0 Å². The summed E-state index contributed by atoms with van der Waals surface area (Å²) in [6, 6.07) is 2.05. The Hall–Kier alpha value is -1.33. The maximum absolute atomic E-state index is 10.6. The maximum atomic E-state index is 10.6. The van der Waals surface area contributed by atoms with Gasteiger partial charge in [-0.15, -0.1) is 0 Å². The lowest BCUT2D eigenvalue weighted by atomic mass is 9.95. The number of nitrogens with two attached hydrogens (primary N) is 1. The van der Waals surface area contributed by atoms with Crippen molar-refractivity contribution in [2.75, 3.05) is 13.2 Å². The number of carbonyl (C=O) groups is 1. The number of aromatic nitrogens is 1. The number of rotatable bonds is 5. The average molecular weight is 252 g/mol. The van der Waals surface area contributed by atoms with Crippen LogP contribution >= 0.6 is 0 Å². The number of carbonyl (C=O) groups excluding carboxylic acids is 1. The van der Waals surface area contributed by atoms with Gasteiger partial charge in [-0.05, 0) is 32.3 Å². The number of primary amides is 1. The number of hydrogen-bond donors (Lipinski definition) is 2. The van der Waals surface area contributed by atoms with E-state index in [4.69, 9.17) is 10.5 Å². The zero-order valence-corrected chi connectivity index (χ0v) is 10.7. The fourth-order valence-corrected chi connectivity index (χ4v) is 2.58. The number of fused-ring (bicyclic) bond motifs is 1. The average Bonchev–Trinajstić information content (AvgIpc) is 2.63. The smallest absolute Gasteiger partial charge is 0.243 e. The lowest BCUT2D eigenvalue weighted by Gasteiger charge is -2.20. The zero-order chi connectivity index (χ0) is 13.1. The third kappa shape index (κ3) is 2.73. The number of aliphatic hydroxyl groups excluding tert-OH is 1. The molecule has 1 aliphatic rings. The summed E-state index contributed by atoms with van der Waals surface area (Å²) in [6.07, 6.45) is 2.52. The summed E-state index contributed by atoms with van der Waals surface area (Å²) >= 11 is 0. The molecule has 5 heteroatoms. The zero-order valence-electron chi connectivity index (χ0n) is 10.7. The van der Waals surface area contributed by atoms with Crippen molar-refractivity contribution in [3.05, 3.63) is 23.0 Å². The van der Waals surface area contributed by atoms with E-state index in [1.54, 1.807) is 0 Å². The summed E-state index contributed by atoms with van der Waals surface area (Å²) in [5.41, 5.74) is 8.39. The molecule has 3 N–H and O–H groups in total. The molecule has 0 bridgehead atoms. The van der Waals surface area contributed by atoms with Gasteiger partial charge in [0, 0.05) is 23.5 Å². The van der Waals surface area contributed by atoms with Gasteiger partial charge < -0.3 is 20.1 Å². The van der Waals surface area contributed by atoms with Crippen LogP contribution in [0, 0.1) is 6.92 Å². The van der Waals surface area contributed by atoms with Crippen LogP contribution in [0.15, 0.2) is 6.07 Å². The van der Waals surface area contributed by atoms with Gasteiger partial charge in [-0.3, -0.25) is 4.79 Å². The minimum atomic E-state index is -0.448. The molecule has 0 aliphatic heterocycles. The molecule has 1 aliphatic carbocycles. The van der Waals surface area contributed by atoms with Gasteiger partial charge in [-0.2, -0.15) is 0 Å². The van der Waals surface area contributed by atoms with E-state index in [0.717, 1.165) is 30.5 Å². The molecule has 0 fully saturated rings. The van der Waals surface area contributed by atoms with Gasteiger partial charge in [0.1, 0.15) is 6.61 Å². The highest BCUT2D eigenvalue weighted by atomic mass is 16.5. The highest BCUT2D eigenvalue weighted by Crippen LogP contribution is 2.31. The Morgan fingerprint density at radius 3 is 3.17 bits per heavy atom. The second-order valence-corrected chi connectivity index (χ2v) is 4.77. The van der Waals surface area contributed by atoms with Crippen LogP contribution in [0.4, 0.5) is 0 Å². The van der Waals surface area contributed by atoms with E-state index in [1.165, 1.54) is 5.69 Å². The molecule has 0 aromatic carbocycles. The van der Waals surface area contributed by atoms with Crippen LogP contribution in [-0.2, 0) is 22.5 Å². The van der Waals surface area contributed by atoms with Crippen molar-refractivity contribution in [2.24, 2.45) is 5.73 Å². The molecule has 0 spiro atoms. The molecule has 1 heterocycles. The standard InChI is InChI=1S/C13H20N2O3/c1-9-7-10-11(3-2-4-12(10)16)15(9)5-6-18-8-13(14)17/h7,12,16H,2-6,8H2,1H3,(H2,14,17). The lowest BCUT2D eigenvalue weighted by Crippen LogP contribution is -2.20. The van der Waals surface area contributed by atoms with Gasteiger partial charge in [0.15, 0.2) is 0 Å². The van der Waals surface area contributed by atoms with E-state index < -0.39 is 5.91 Å². The van der Waals surface area contributed by atoms with E-state index in [1.807, 2.05) is 13.0 Å². The second-order valence-electron chi connectivity index (χ2n) is 4.77. The van der Waals surface area contributed by atoms with Gasteiger partial charge in [0.2, 0.25) is 5.91 Å². The van der Waals surface area contributed by atoms with Gasteiger partial charge in [-0.25, -0.2) is 0 Å². The van der Waals surface area contributed by atoms with Crippen molar-refractivity contribution in [3.63, 3.8) is 0 Å². The summed E-state index contributed by atoms with van der Waals surface area (Å²) in [7, 11) is 0. The summed E-state index contributed by atoms with van der Waals surface area (Å²) in [4.78, 5) is 10.6. The molecular formula is C13H20N2O3. The van der Waals surface area contributed by atoms with Crippen LogP contribution in [0.25, 0.3) is 0 Å². The molecule has 100 valence electrons. The van der Waals surface area contributed by atoms with E-state index in [0.29, 0.717) is 13.2 Å². The van der Waals surface area contributed by atoms with Crippen molar-refractivity contribution in [1.29, 1.82) is 0 Å². The molecule has 1 aromatic heterocycles. The number of amides is 1. The monoisotopic (exact) mass is 252 g/mol. The Morgan fingerprint density at radius 1 is 1.67 bits per heavy atom. The fraction of sp³-hybridized carbons (Fsp3) is 0.615. The van der Waals surface area contributed by atoms with Crippen molar-refractivity contribution in [3.8, 4) is 0 Å². The molecule has 0 saturated carbocycles. The molecule has 18 heavy (non-hydrogen) atoms. The van der Waals surface area contributed by atoms with Crippen molar-refractivity contribution in [1.82, 2.24) is 4.57 Å². The van der Waals surface area contributed by atoms with Crippen LogP contribution in [0.1, 0.15) is 35.9 Å². The minimum Gasteiger partial charge on any atom is -0.388 e. The van der Waals surface area contributed by atoms with Crippen LogP contribution in [0.2, 0.25) is 0 Å².